The van der Waals surface area contributed by atoms with Crippen LogP contribution >= 0.6 is 11.3 Å². The van der Waals surface area contributed by atoms with E-state index in [0.29, 0.717) is 0 Å². The van der Waals surface area contributed by atoms with Gasteiger partial charge in [-0.05, 0) is 29.9 Å². The van der Waals surface area contributed by atoms with Crippen molar-refractivity contribution in [3.63, 3.8) is 0 Å². The van der Waals surface area contributed by atoms with Gasteiger partial charge in [-0.1, -0.05) is 45.0 Å². The van der Waals surface area contributed by atoms with Crippen LogP contribution < -0.4 is 5.43 Å². The highest BCUT2D eigenvalue weighted by Crippen LogP contribution is 2.26. The van der Waals surface area contributed by atoms with E-state index in [0.717, 1.165) is 22.8 Å². The minimum absolute atomic E-state index is 0.229. The smallest absolute Gasteiger partial charge is 0.203 e. The number of nitrogens with zero attached hydrogens (tertiary/aromatic N) is 2. The van der Waals surface area contributed by atoms with Crippen molar-refractivity contribution in [3.05, 3.63) is 46.5 Å². The van der Waals surface area contributed by atoms with Crippen LogP contribution in [0.15, 0.2) is 34.7 Å². The van der Waals surface area contributed by atoms with Gasteiger partial charge in [-0.15, -0.1) is 11.3 Å². The highest BCUT2D eigenvalue weighted by atomic mass is 32.1. The van der Waals surface area contributed by atoms with Crippen LogP contribution in [-0.4, -0.2) is 11.2 Å². The largest absolute Gasteiger partial charge is 0.253 e. The molecule has 0 atom stereocenters. The lowest BCUT2D eigenvalue weighted by Gasteiger charge is -2.23. The Kier molecular flexibility index (Phi) is 4.55. The molecule has 0 aliphatic carbocycles. The molecule has 4 heteroatoms. The molecule has 0 amide bonds. The zero-order valence-electron chi connectivity index (χ0n) is 12.5. The molecule has 0 fully saturated rings. The molecule has 2 rings (SSSR count). The SMILES string of the molecule is CCC(C)(C)c1ccc(C=NNc2nc(C)cs2)cc1. The van der Waals surface area contributed by atoms with Crippen LogP contribution in [0.5, 0.6) is 0 Å². The number of nitrogens with one attached hydrogen (secondary N) is 1. The molecule has 1 N–H and O–H groups in total. The number of hydrazone groups is 1. The minimum Gasteiger partial charge on any atom is -0.253 e. The van der Waals surface area contributed by atoms with Gasteiger partial charge < -0.3 is 0 Å². The van der Waals surface area contributed by atoms with Crippen molar-refractivity contribution in [1.29, 1.82) is 0 Å². The molecule has 0 saturated carbocycles. The fourth-order valence-corrected chi connectivity index (χ4v) is 2.43. The second-order valence-electron chi connectivity index (χ2n) is 5.52. The average Bonchev–Trinajstić information content (AvgIpc) is 2.85. The topological polar surface area (TPSA) is 37.3 Å². The van der Waals surface area contributed by atoms with Gasteiger partial charge in [0.1, 0.15) is 0 Å². The Morgan fingerprint density at radius 3 is 2.55 bits per heavy atom. The lowest BCUT2D eigenvalue weighted by Crippen LogP contribution is -2.15. The maximum atomic E-state index is 4.29. The molecule has 2 aromatic rings. The Morgan fingerprint density at radius 1 is 1.30 bits per heavy atom. The lowest BCUT2D eigenvalue weighted by atomic mass is 9.82. The van der Waals surface area contributed by atoms with Gasteiger partial charge >= 0.3 is 0 Å². The maximum Gasteiger partial charge on any atom is 0.203 e. The molecule has 0 spiro atoms. The summed E-state index contributed by atoms with van der Waals surface area (Å²) in [5, 5.41) is 7.03. The average molecular weight is 287 g/mol. The van der Waals surface area contributed by atoms with E-state index in [1.54, 1.807) is 11.3 Å². The van der Waals surface area contributed by atoms with Crippen molar-refractivity contribution in [3.8, 4) is 0 Å². The summed E-state index contributed by atoms with van der Waals surface area (Å²) in [6.07, 6.45) is 2.95. The molecular weight excluding hydrogens is 266 g/mol. The Bertz CT molecular complexity index is 582. The fourth-order valence-electron chi connectivity index (χ4n) is 1.79. The standard InChI is InChI=1S/C16H21N3S/c1-5-16(3,4)14-8-6-13(7-9-14)10-17-19-15-18-12(2)11-20-15/h6-11H,5H2,1-4H3,(H,18,19). The van der Waals surface area contributed by atoms with Crippen molar-refractivity contribution >= 4 is 22.7 Å². The van der Waals surface area contributed by atoms with Crippen molar-refractivity contribution in [2.45, 2.75) is 39.5 Å². The molecule has 1 aromatic heterocycles. The number of rotatable bonds is 5. The summed E-state index contributed by atoms with van der Waals surface area (Å²) in [5.74, 6) is 0. The van der Waals surface area contributed by atoms with Crippen LogP contribution in [-0.2, 0) is 5.41 Å². The zero-order chi connectivity index (χ0) is 14.6. The Balaban J connectivity index is 2.00. The first-order valence-corrected chi connectivity index (χ1v) is 7.71. The molecule has 106 valence electrons. The van der Waals surface area contributed by atoms with Gasteiger partial charge in [0.15, 0.2) is 0 Å². The summed E-state index contributed by atoms with van der Waals surface area (Å²) in [7, 11) is 0. The summed E-state index contributed by atoms with van der Waals surface area (Å²) < 4.78 is 0. The summed E-state index contributed by atoms with van der Waals surface area (Å²) in [5.41, 5.74) is 6.63. The van der Waals surface area contributed by atoms with Crippen molar-refractivity contribution in [2.24, 2.45) is 5.10 Å². The number of anilines is 1. The number of hydrogen-bond donors (Lipinski definition) is 1. The quantitative estimate of drug-likeness (QED) is 0.645. The van der Waals surface area contributed by atoms with E-state index in [-0.39, 0.29) is 5.41 Å². The van der Waals surface area contributed by atoms with Crippen molar-refractivity contribution in [2.75, 3.05) is 5.43 Å². The summed E-state index contributed by atoms with van der Waals surface area (Å²) >= 11 is 1.56. The second-order valence-corrected chi connectivity index (χ2v) is 6.38. The molecular formula is C16H21N3S. The Hall–Kier alpha value is -1.68. The van der Waals surface area contributed by atoms with Gasteiger partial charge in [0.25, 0.3) is 0 Å². The van der Waals surface area contributed by atoms with Crippen LogP contribution in [0, 0.1) is 6.92 Å². The highest BCUT2D eigenvalue weighted by Gasteiger charge is 2.17. The molecule has 1 aromatic carbocycles. The second kappa shape index (κ2) is 6.18. The number of hydrogen-bond acceptors (Lipinski definition) is 4. The van der Waals surface area contributed by atoms with Gasteiger partial charge in [-0.2, -0.15) is 5.10 Å². The third-order valence-corrected chi connectivity index (χ3v) is 4.43. The summed E-state index contributed by atoms with van der Waals surface area (Å²) in [4.78, 5) is 4.29. The van der Waals surface area contributed by atoms with Crippen LogP contribution in [0.1, 0.15) is 44.0 Å². The van der Waals surface area contributed by atoms with E-state index in [9.17, 15) is 0 Å². The van der Waals surface area contributed by atoms with Gasteiger partial charge in [-0.3, -0.25) is 5.43 Å². The minimum atomic E-state index is 0.229. The molecule has 0 aliphatic rings. The van der Waals surface area contributed by atoms with Gasteiger partial charge in [-0.25, -0.2) is 4.98 Å². The first-order chi connectivity index (χ1) is 9.51. The number of aromatic nitrogens is 1. The normalized spacial score (nSPS) is 12.0. The predicted molar refractivity (Wildman–Crippen MR) is 87.8 cm³/mol. The number of aryl methyl sites for hydroxylation is 1. The number of benzene rings is 1. The van der Waals surface area contributed by atoms with Crippen LogP contribution in [0.4, 0.5) is 5.13 Å². The molecule has 0 aliphatic heterocycles. The summed E-state index contributed by atoms with van der Waals surface area (Å²) in [6.45, 7) is 8.72. The van der Waals surface area contributed by atoms with E-state index in [1.165, 1.54) is 5.56 Å². The van der Waals surface area contributed by atoms with Gasteiger partial charge in [0.2, 0.25) is 5.13 Å². The van der Waals surface area contributed by atoms with E-state index < -0.39 is 0 Å². The fraction of sp³-hybridized carbons (Fsp3) is 0.375. The lowest BCUT2D eigenvalue weighted by molar-refractivity contribution is 0.506. The first kappa shape index (κ1) is 14.7. The summed E-state index contributed by atoms with van der Waals surface area (Å²) in [6, 6.07) is 8.56. The maximum absolute atomic E-state index is 4.29. The van der Waals surface area contributed by atoms with Crippen molar-refractivity contribution < 1.29 is 0 Å². The molecule has 20 heavy (non-hydrogen) atoms. The van der Waals surface area contributed by atoms with E-state index in [2.05, 4.69) is 60.5 Å². The third-order valence-electron chi connectivity index (χ3n) is 3.57. The first-order valence-electron chi connectivity index (χ1n) is 6.83. The molecule has 0 radical (unpaired) electrons. The number of thiazole rings is 1. The third kappa shape index (κ3) is 3.67. The molecule has 3 nitrogen and oxygen atoms in total. The predicted octanol–water partition coefficient (Wildman–Crippen LogP) is 4.59. The van der Waals surface area contributed by atoms with E-state index >= 15 is 0 Å². The Morgan fingerprint density at radius 2 is 2.00 bits per heavy atom. The van der Waals surface area contributed by atoms with Crippen LogP contribution in [0.3, 0.4) is 0 Å². The van der Waals surface area contributed by atoms with Crippen LogP contribution in [0.2, 0.25) is 0 Å². The van der Waals surface area contributed by atoms with E-state index in [4.69, 9.17) is 0 Å². The highest BCUT2D eigenvalue weighted by molar-refractivity contribution is 7.13. The zero-order valence-corrected chi connectivity index (χ0v) is 13.3. The Labute approximate surface area is 124 Å². The van der Waals surface area contributed by atoms with Gasteiger partial charge in [0.05, 0.1) is 11.9 Å². The van der Waals surface area contributed by atoms with Gasteiger partial charge in [0, 0.05) is 5.38 Å². The monoisotopic (exact) mass is 287 g/mol. The molecule has 0 saturated heterocycles. The van der Waals surface area contributed by atoms with Crippen LogP contribution in [0.25, 0.3) is 0 Å². The molecule has 0 unspecified atom stereocenters. The molecule has 0 bridgehead atoms. The molecule has 1 heterocycles. The van der Waals surface area contributed by atoms with Crippen molar-refractivity contribution in [1.82, 2.24) is 4.98 Å². The van der Waals surface area contributed by atoms with E-state index in [1.807, 2.05) is 18.5 Å².